The predicted molar refractivity (Wildman–Crippen MR) is 164 cm³/mol. The van der Waals surface area contributed by atoms with Gasteiger partial charge in [0.05, 0.1) is 0 Å². The first-order chi connectivity index (χ1) is 20.6. The van der Waals surface area contributed by atoms with Crippen molar-refractivity contribution in [1.29, 1.82) is 0 Å². The van der Waals surface area contributed by atoms with Crippen LogP contribution in [0, 0.1) is 0 Å². The van der Waals surface area contributed by atoms with Crippen LogP contribution in [-0.4, -0.2) is 35.8 Å². The first-order valence-electron chi connectivity index (χ1n) is 13.7. The Hall–Kier alpha value is -4.56. The fourth-order valence-electron chi connectivity index (χ4n) is 4.10. The Morgan fingerprint density at radius 2 is 1.05 bits per heavy atom. The molecular formula is C34H34N2O5S. The molecule has 0 aliphatic rings. The zero-order valence-corrected chi connectivity index (χ0v) is 24.0. The molecule has 2 N–H and O–H groups in total. The minimum Gasteiger partial charge on any atom is -0.459 e. The maximum absolute atomic E-state index is 13.6. The van der Waals surface area contributed by atoms with Gasteiger partial charge in [-0.1, -0.05) is 121 Å². The maximum Gasteiger partial charge on any atom is 0.408 e. The number of thioether (sulfide) groups is 1. The zero-order valence-electron chi connectivity index (χ0n) is 23.2. The summed E-state index contributed by atoms with van der Waals surface area (Å²) < 4.78 is 11.0. The van der Waals surface area contributed by atoms with Crippen LogP contribution in [-0.2, 0) is 44.5 Å². The quantitative estimate of drug-likeness (QED) is 0.186. The molecule has 8 heteroatoms. The van der Waals surface area contributed by atoms with E-state index in [4.69, 9.17) is 9.47 Å². The molecule has 0 unspecified atom stereocenters. The van der Waals surface area contributed by atoms with Gasteiger partial charge in [0.15, 0.2) is 0 Å². The summed E-state index contributed by atoms with van der Waals surface area (Å²) in [5.74, 6) is -0.126. The molecule has 0 saturated heterocycles. The second-order valence-electron chi connectivity index (χ2n) is 9.60. The van der Waals surface area contributed by atoms with Crippen molar-refractivity contribution in [1.82, 2.24) is 10.6 Å². The lowest BCUT2D eigenvalue weighted by atomic mass is 10.1. The van der Waals surface area contributed by atoms with Crippen LogP contribution in [0.5, 0.6) is 0 Å². The molecule has 4 aromatic rings. The van der Waals surface area contributed by atoms with E-state index in [1.165, 1.54) is 11.8 Å². The molecular weight excluding hydrogens is 548 g/mol. The van der Waals surface area contributed by atoms with Gasteiger partial charge in [-0.3, -0.25) is 4.79 Å². The van der Waals surface area contributed by atoms with Crippen LogP contribution in [0.4, 0.5) is 4.79 Å². The van der Waals surface area contributed by atoms with E-state index in [9.17, 15) is 14.4 Å². The number of hydrogen-bond donors (Lipinski definition) is 2. The molecule has 216 valence electrons. The average molecular weight is 583 g/mol. The van der Waals surface area contributed by atoms with Gasteiger partial charge in [0.2, 0.25) is 5.91 Å². The average Bonchev–Trinajstić information content (AvgIpc) is 3.04. The van der Waals surface area contributed by atoms with Gasteiger partial charge < -0.3 is 20.1 Å². The molecule has 0 radical (unpaired) electrons. The van der Waals surface area contributed by atoms with Crippen molar-refractivity contribution in [2.45, 2.75) is 37.5 Å². The molecule has 2 atom stereocenters. The van der Waals surface area contributed by atoms with Crippen molar-refractivity contribution < 1.29 is 23.9 Å². The summed E-state index contributed by atoms with van der Waals surface area (Å²) in [7, 11) is 0. The molecule has 0 spiro atoms. The van der Waals surface area contributed by atoms with E-state index in [1.807, 2.05) is 121 Å². The first-order valence-corrected chi connectivity index (χ1v) is 14.9. The van der Waals surface area contributed by atoms with Crippen molar-refractivity contribution in [3.63, 3.8) is 0 Å². The van der Waals surface area contributed by atoms with Gasteiger partial charge in [0.1, 0.15) is 25.3 Å². The normalized spacial score (nSPS) is 12.0. The second-order valence-corrected chi connectivity index (χ2v) is 10.6. The van der Waals surface area contributed by atoms with Gasteiger partial charge in [-0.05, 0) is 22.3 Å². The number of carbonyl (C=O) groups is 3. The monoisotopic (exact) mass is 582 g/mol. The number of rotatable bonds is 14. The van der Waals surface area contributed by atoms with E-state index in [2.05, 4.69) is 10.6 Å². The molecule has 4 aromatic carbocycles. The minimum absolute atomic E-state index is 0.0701. The Bertz CT molecular complexity index is 1390. The highest BCUT2D eigenvalue weighted by molar-refractivity contribution is 7.98. The molecule has 0 bridgehead atoms. The summed E-state index contributed by atoms with van der Waals surface area (Å²) in [5.41, 5.74) is 3.63. The summed E-state index contributed by atoms with van der Waals surface area (Å²) in [6.07, 6.45) is -0.478. The van der Waals surface area contributed by atoms with Crippen LogP contribution in [0.15, 0.2) is 121 Å². The van der Waals surface area contributed by atoms with Crippen LogP contribution in [0.2, 0.25) is 0 Å². The zero-order chi connectivity index (χ0) is 29.4. The number of amides is 2. The summed E-state index contributed by atoms with van der Waals surface area (Å²) in [6, 6.07) is 36.0. The van der Waals surface area contributed by atoms with Crippen LogP contribution < -0.4 is 10.6 Å². The highest BCUT2D eigenvalue weighted by Gasteiger charge is 2.28. The second kappa shape index (κ2) is 16.6. The number of benzene rings is 4. The molecule has 42 heavy (non-hydrogen) atoms. The standard InChI is InChI=1S/C34H34N2O5S/c37-32(35-30(21-26-13-5-1-6-14-26)33(38)40-22-27-15-7-2-8-16-27)31(25-42-24-29-19-11-4-12-20-29)36-34(39)41-23-28-17-9-3-10-18-28/h1-20,30-31H,21-25H2,(H,35,37)(H,36,39)/t30-,31-/m0/s1. The molecule has 0 saturated carbocycles. The number of alkyl carbamates (subject to hydrolysis) is 1. The van der Waals surface area contributed by atoms with Gasteiger partial charge in [-0.2, -0.15) is 11.8 Å². The number of carbonyl (C=O) groups excluding carboxylic acids is 3. The van der Waals surface area contributed by atoms with Crippen molar-refractivity contribution in [2.24, 2.45) is 0 Å². The smallest absolute Gasteiger partial charge is 0.408 e. The lowest BCUT2D eigenvalue weighted by Crippen LogP contribution is -2.53. The molecule has 0 aliphatic heterocycles. The number of esters is 1. The Morgan fingerprint density at radius 3 is 1.60 bits per heavy atom. The highest BCUT2D eigenvalue weighted by atomic mass is 32.2. The van der Waals surface area contributed by atoms with E-state index >= 15 is 0 Å². The molecule has 0 aromatic heterocycles. The lowest BCUT2D eigenvalue weighted by molar-refractivity contribution is -0.149. The van der Waals surface area contributed by atoms with E-state index in [-0.39, 0.29) is 25.4 Å². The van der Waals surface area contributed by atoms with Crippen LogP contribution in [0.1, 0.15) is 22.3 Å². The van der Waals surface area contributed by atoms with Crippen LogP contribution in [0.3, 0.4) is 0 Å². The van der Waals surface area contributed by atoms with Crippen LogP contribution >= 0.6 is 11.8 Å². The van der Waals surface area contributed by atoms with Crippen molar-refractivity contribution in [3.8, 4) is 0 Å². The Kier molecular flexibility index (Phi) is 12.0. The van der Waals surface area contributed by atoms with Crippen molar-refractivity contribution >= 4 is 29.7 Å². The molecule has 0 aliphatic carbocycles. The SMILES string of the molecule is O=C(N[C@@H](CSCc1ccccc1)C(=O)N[C@@H](Cc1ccccc1)C(=O)OCc1ccccc1)OCc1ccccc1. The van der Waals surface area contributed by atoms with Gasteiger partial charge >= 0.3 is 12.1 Å². The fourth-order valence-corrected chi connectivity index (χ4v) is 5.12. The van der Waals surface area contributed by atoms with Gasteiger partial charge in [-0.25, -0.2) is 9.59 Å². The molecule has 0 fully saturated rings. The number of hydrogen-bond acceptors (Lipinski definition) is 6. The summed E-state index contributed by atoms with van der Waals surface area (Å²) in [5, 5.41) is 5.53. The highest BCUT2D eigenvalue weighted by Crippen LogP contribution is 2.14. The number of ether oxygens (including phenoxy) is 2. The van der Waals surface area contributed by atoms with E-state index in [1.54, 1.807) is 0 Å². The van der Waals surface area contributed by atoms with Gasteiger partial charge in [0.25, 0.3) is 0 Å². The molecule has 2 amide bonds. The third kappa shape index (κ3) is 10.4. The lowest BCUT2D eigenvalue weighted by Gasteiger charge is -2.23. The van der Waals surface area contributed by atoms with Crippen LogP contribution in [0.25, 0.3) is 0 Å². The summed E-state index contributed by atoms with van der Waals surface area (Å²) >= 11 is 1.50. The molecule has 7 nitrogen and oxygen atoms in total. The third-order valence-electron chi connectivity index (χ3n) is 6.32. The Balaban J connectivity index is 1.43. The Morgan fingerprint density at radius 1 is 0.571 bits per heavy atom. The van der Waals surface area contributed by atoms with Crippen molar-refractivity contribution in [3.05, 3.63) is 144 Å². The topological polar surface area (TPSA) is 93.7 Å². The fraction of sp³-hybridized carbons (Fsp3) is 0.206. The molecule has 4 rings (SSSR count). The Labute approximate surface area is 250 Å². The van der Waals surface area contributed by atoms with E-state index in [0.29, 0.717) is 5.75 Å². The largest absolute Gasteiger partial charge is 0.459 e. The van der Waals surface area contributed by atoms with Gasteiger partial charge in [0, 0.05) is 17.9 Å². The predicted octanol–water partition coefficient (Wildman–Crippen LogP) is 5.69. The van der Waals surface area contributed by atoms with Gasteiger partial charge in [-0.15, -0.1) is 0 Å². The molecule has 0 heterocycles. The van der Waals surface area contributed by atoms with E-state index in [0.717, 1.165) is 22.3 Å². The number of nitrogens with one attached hydrogen (secondary N) is 2. The maximum atomic E-state index is 13.6. The first kappa shape index (κ1) is 30.4. The third-order valence-corrected chi connectivity index (χ3v) is 7.43. The summed E-state index contributed by atoms with van der Waals surface area (Å²) in [4.78, 5) is 39.5. The summed E-state index contributed by atoms with van der Waals surface area (Å²) in [6.45, 7) is 0.155. The van der Waals surface area contributed by atoms with Crippen molar-refractivity contribution in [2.75, 3.05) is 5.75 Å². The minimum atomic E-state index is -0.952. The van der Waals surface area contributed by atoms with E-state index < -0.39 is 30.1 Å².